The maximum absolute atomic E-state index is 7.47. The van der Waals surface area contributed by atoms with E-state index in [2.05, 4.69) is 592 Å². The highest BCUT2D eigenvalue weighted by Crippen LogP contribution is 2.52. The predicted octanol–water partition coefficient (Wildman–Crippen LogP) is 26.9. The molecule has 0 atom stereocenters. The van der Waals surface area contributed by atoms with E-state index in [-0.39, 0.29) is 18.8 Å². The SMILES string of the molecule is Cc1ccc(N2c3ccc(C)cc3B3c4ccc(N(c5ccc(C(C)(C)C)cc5)c5ccc6oc7ccccc7c6c5)cc4N(c4ccccc4)c4cc([Si](c5ccccc5)(c5ccccc5)c5ccc(-c6ccc7oc8c(N(c9ccccc9)c9ccc%10c(c9)N(c9ccccc9)c9cc([Si](c%11ccccc%11)(c%11ccccc%11)c%11ccccc%11)cc%11c9B%10c9ccccc9N%11c9ccccc9)cccc8c7c6)cc5)cc2c43)cc1. The number of rotatable bonds is 19. The van der Waals surface area contributed by atoms with Gasteiger partial charge in [0.05, 0.1) is 5.69 Å². The fourth-order valence-electron chi connectivity index (χ4n) is 25.2. The molecular formula is C138H102B2N6O2Si2. The van der Waals surface area contributed by atoms with Crippen molar-refractivity contribution in [1.82, 2.24) is 0 Å². The molecule has 22 aromatic carbocycles. The topological polar surface area (TPSA) is 45.7 Å². The number of fused-ring (bicyclic) bond motifs is 14. The van der Waals surface area contributed by atoms with E-state index in [1.807, 2.05) is 0 Å². The Morgan fingerprint density at radius 2 is 0.587 bits per heavy atom. The maximum atomic E-state index is 7.47. The minimum absolute atomic E-state index is 0.0578. The van der Waals surface area contributed by atoms with Crippen molar-refractivity contribution in [3.05, 3.63) is 544 Å². The largest absolute Gasteiger partial charge is 0.456 e. The normalized spacial score (nSPS) is 12.9. The predicted molar refractivity (Wildman–Crippen MR) is 639 cm³/mol. The van der Waals surface area contributed by atoms with Crippen LogP contribution in [0.1, 0.15) is 37.5 Å². The van der Waals surface area contributed by atoms with E-state index >= 15 is 0 Å². The number of para-hydroxylation sites is 7. The first-order valence-corrected chi connectivity index (χ1v) is 56.1. The van der Waals surface area contributed by atoms with Gasteiger partial charge in [-0.05, 0) is 286 Å². The first kappa shape index (κ1) is 89.4. The zero-order valence-electron chi connectivity index (χ0n) is 83.9. The molecular weight excluding hydrogens is 1850 g/mol. The minimum Gasteiger partial charge on any atom is -0.456 e. The van der Waals surface area contributed by atoms with Gasteiger partial charge in [0, 0.05) is 118 Å². The van der Waals surface area contributed by atoms with Crippen LogP contribution in [-0.2, 0) is 5.41 Å². The molecule has 0 bridgehead atoms. The third kappa shape index (κ3) is 14.4. The first-order chi connectivity index (χ1) is 73.8. The van der Waals surface area contributed by atoms with Crippen molar-refractivity contribution in [2.75, 3.05) is 29.4 Å². The van der Waals surface area contributed by atoms with Gasteiger partial charge in [0.2, 0.25) is 0 Å². The highest BCUT2D eigenvalue weighted by molar-refractivity contribution is 7.21. The van der Waals surface area contributed by atoms with Gasteiger partial charge in [0.25, 0.3) is 13.4 Å². The van der Waals surface area contributed by atoms with Gasteiger partial charge in [-0.1, -0.05) is 384 Å². The van der Waals surface area contributed by atoms with Crippen LogP contribution < -0.4 is 104 Å². The van der Waals surface area contributed by atoms with Crippen molar-refractivity contribution < 1.29 is 8.83 Å². The Morgan fingerprint density at radius 3 is 1.11 bits per heavy atom. The molecule has 0 unspecified atom stereocenters. The summed E-state index contributed by atoms with van der Waals surface area (Å²) in [6.45, 7) is 11.0. The Morgan fingerprint density at radius 1 is 0.220 bits per heavy atom. The molecule has 4 aliphatic rings. The number of hydrogen-bond donors (Lipinski definition) is 0. The van der Waals surface area contributed by atoms with Crippen LogP contribution in [0.25, 0.3) is 55.0 Å². The summed E-state index contributed by atoms with van der Waals surface area (Å²) in [5, 5.41) is 14.5. The summed E-state index contributed by atoms with van der Waals surface area (Å²) < 4.78 is 14.0. The van der Waals surface area contributed by atoms with Gasteiger partial charge in [-0.15, -0.1) is 0 Å². The second-order valence-electron chi connectivity index (χ2n) is 41.5. The lowest BCUT2D eigenvalue weighted by Gasteiger charge is -2.46. The third-order valence-corrected chi connectivity index (χ3v) is 41.4. The van der Waals surface area contributed by atoms with E-state index in [0.29, 0.717) is 0 Å². The number of aryl methyl sites for hydroxylation is 2. The van der Waals surface area contributed by atoms with Crippen molar-refractivity contribution in [3.63, 3.8) is 0 Å². The van der Waals surface area contributed by atoms with Crippen molar-refractivity contribution in [3.8, 4) is 11.1 Å². The molecule has 28 rings (SSSR count). The third-order valence-electron chi connectivity index (χ3n) is 31.9. The second-order valence-corrected chi connectivity index (χ2v) is 49.1. The molecule has 12 heteroatoms. The average Bonchev–Trinajstić information content (AvgIpc) is 0.827. The van der Waals surface area contributed by atoms with Crippen molar-refractivity contribution >= 4 is 250 Å². The molecule has 0 saturated heterocycles. The average molecular weight is 1950 g/mol. The van der Waals surface area contributed by atoms with Crippen molar-refractivity contribution in [1.29, 1.82) is 0 Å². The number of nitrogens with zero attached hydrogens (tertiary/aromatic N) is 6. The van der Waals surface area contributed by atoms with Gasteiger partial charge < -0.3 is 38.2 Å². The highest BCUT2D eigenvalue weighted by atomic mass is 28.3. The summed E-state index contributed by atoms with van der Waals surface area (Å²) >= 11 is 0. The quantitative estimate of drug-likeness (QED) is 0.0586. The van der Waals surface area contributed by atoms with Gasteiger partial charge in [-0.3, -0.25) is 0 Å². The molecule has 8 nitrogen and oxygen atoms in total. The van der Waals surface area contributed by atoms with E-state index in [1.54, 1.807) is 0 Å². The lowest BCUT2D eigenvalue weighted by molar-refractivity contribution is 0.590. The zero-order valence-corrected chi connectivity index (χ0v) is 85.9. The van der Waals surface area contributed by atoms with Crippen molar-refractivity contribution in [2.45, 2.75) is 40.0 Å². The number of furan rings is 2. The standard InChI is InChI=1S/C138H102B2N6O2Si2/c1-93-62-70-103(71-63-93)144-124-81-64-94(2)84-122(124)140-121-79-74-105(141(102-72-68-97(69-73-102)138(3,4)5)104-76-83-133-118(86-104)115-56-33-36-61-132(115)147-133)87-126(121)145(100-42-19-8-20-43-100)131-92-114(90-129(144)136(131)140)150(110-52-29-13-30-53-110,111-54-31-14-32-55-111)112-77-65-95(66-78-112)96-67-82-134-117(85-96)116-57-37-60-125(137(116)148-134)142(98-38-15-6-16-39-98)106-75-80-120-127(88-106)146(101-44-21-9-22-45-101)130-91-113(89-128-135(130)139(120)119-58-34-35-59-123(119)143(128)99-40-17-7-18-41-99)149(107-46-23-10-24-47-107,108-48-25-11-26-49-108)109-50-27-12-28-51-109/h6-92H,1-5H3. The van der Waals surface area contributed by atoms with E-state index in [9.17, 15) is 0 Å². The lowest BCUT2D eigenvalue weighted by Crippen LogP contribution is -2.75. The van der Waals surface area contributed by atoms with Crippen LogP contribution >= 0.6 is 0 Å². The molecule has 6 heterocycles. The summed E-state index contributed by atoms with van der Waals surface area (Å²) in [7, 11) is -6.74. The monoisotopic (exact) mass is 1950 g/mol. The molecule has 0 amide bonds. The summed E-state index contributed by atoms with van der Waals surface area (Å²) in [6, 6.07) is 199. The van der Waals surface area contributed by atoms with Crippen LogP contribution in [0.2, 0.25) is 0 Å². The maximum Gasteiger partial charge on any atom is 0.252 e. The van der Waals surface area contributed by atoms with E-state index in [0.717, 1.165) is 152 Å². The van der Waals surface area contributed by atoms with Crippen molar-refractivity contribution in [2.24, 2.45) is 0 Å². The Kier molecular flexibility index (Phi) is 21.4. The number of hydrogen-bond acceptors (Lipinski definition) is 8. The minimum atomic E-state index is -3.52. The van der Waals surface area contributed by atoms with E-state index < -0.39 is 16.1 Å². The van der Waals surface area contributed by atoms with Crippen LogP contribution in [0, 0.1) is 13.8 Å². The number of benzene rings is 22. The zero-order chi connectivity index (χ0) is 100. The molecule has 0 radical (unpaired) electrons. The van der Waals surface area contributed by atoms with E-state index in [4.69, 9.17) is 8.83 Å². The summed E-state index contributed by atoms with van der Waals surface area (Å²) in [5.74, 6) is 0. The summed E-state index contributed by atoms with van der Waals surface area (Å²) in [4.78, 5) is 15.2. The molecule has 4 aliphatic heterocycles. The van der Waals surface area contributed by atoms with E-state index in [1.165, 1.54) is 96.6 Å². The smallest absolute Gasteiger partial charge is 0.252 e. The second kappa shape index (κ2) is 35.9. The lowest BCUT2D eigenvalue weighted by atomic mass is 9.33. The first-order valence-electron chi connectivity index (χ1n) is 52.1. The van der Waals surface area contributed by atoms with Gasteiger partial charge in [0.1, 0.15) is 16.7 Å². The van der Waals surface area contributed by atoms with Gasteiger partial charge in [-0.2, -0.15) is 0 Å². The molecule has 150 heavy (non-hydrogen) atoms. The fourth-order valence-corrected chi connectivity index (χ4v) is 34.7. The Balaban J connectivity index is 0.609. The molecule has 0 spiro atoms. The highest BCUT2D eigenvalue weighted by Gasteiger charge is 2.52. The van der Waals surface area contributed by atoms with Crippen LogP contribution in [0.3, 0.4) is 0 Å². The molecule has 24 aromatic rings. The molecule has 0 N–H and O–H groups in total. The molecule has 0 saturated carbocycles. The molecule has 2 aromatic heterocycles. The van der Waals surface area contributed by atoms with Crippen LogP contribution in [0.4, 0.5) is 102 Å². The number of anilines is 18. The van der Waals surface area contributed by atoms with Crippen LogP contribution in [0.5, 0.6) is 0 Å². The van der Waals surface area contributed by atoms with Gasteiger partial charge in [0.15, 0.2) is 21.7 Å². The Labute approximate surface area is 877 Å². The molecule has 710 valence electrons. The summed E-state index contributed by atoms with van der Waals surface area (Å²) in [5.41, 5.74) is 36.1. The van der Waals surface area contributed by atoms with Gasteiger partial charge in [-0.25, -0.2) is 0 Å². The fraction of sp³-hybridized carbons (Fsp3) is 0.0435. The Hall–Kier alpha value is -18.2. The molecule has 0 fully saturated rings. The summed E-state index contributed by atoms with van der Waals surface area (Å²) in [6.07, 6.45) is 0. The molecule has 0 aliphatic carbocycles. The van der Waals surface area contributed by atoms with Crippen LogP contribution in [0.15, 0.2) is 537 Å². The Bertz CT molecular complexity index is 9220. The van der Waals surface area contributed by atoms with Gasteiger partial charge >= 0.3 is 0 Å². The van der Waals surface area contributed by atoms with Crippen LogP contribution in [-0.4, -0.2) is 29.6 Å².